The summed E-state index contributed by atoms with van der Waals surface area (Å²) in [7, 11) is -1.01. The van der Waals surface area contributed by atoms with Gasteiger partial charge in [0.25, 0.3) is 0 Å². The van der Waals surface area contributed by atoms with Crippen molar-refractivity contribution in [3.63, 3.8) is 0 Å². The first-order valence-electron chi connectivity index (χ1n) is 8.40. The van der Waals surface area contributed by atoms with E-state index in [4.69, 9.17) is 14.0 Å². The van der Waals surface area contributed by atoms with Crippen LogP contribution in [0.5, 0.6) is 0 Å². The van der Waals surface area contributed by atoms with Crippen molar-refractivity contribution in [2.75, 3.05) is 6.61 Å². The lowest BCUT2D eigenvalue weighted by Crippen LogP contribution is -2.41. The first-order valence-corrected chi connectivity index (χ1v) is 8.40. The van der Waals surface area contributed by atoms with Crippen LogP contribution in [0.3, 0.4) is 0 Å². The van der Waals surface area contributed by atoms with Gasteiger partial charge in [0.2, 0.25) is 0 Å². The molecule has 0 aliphatic carbocycles. The lowest BCUT2D eigenvalue weighted by molar-refractivity contribution is 0.00578. The lowest BCUT2D eigenvalue weighted by Gasteiger charge is -2.32. The van der Waals surface area contributed by atoms with Gasteiger partial charge in [-0.05, 0) is 65.2 Å². The zero-order chi connectivity index (χ0) is 18.0. The van der Waals surface area contributed by atoms with Crippen molar-refractivity contribution >= 4 is 12.7 Å². The number of nitrogens with zero attached hydrogens (tertiary/aromatic N) is 1. The number of hydrogen-bond donors (Lipinski definition) is 0. The van der Waals surface area contributed by atoms with Crippen molar-refractivity contribution in [1.29, 1.82) is 0 Å². The second kappa shape index (κ2) is 7.34. The van der Waals surface area contributed by atoms with Crippen molar-refractivity contribution in [3.8, 4) is 0 Å². The highest BCUT2D eigenvalue weighted by molar-refractivity contribution is 6.55. The highest BCUT2D eigenvalue weighted by Gasteiger charge is 2.53. The van der Waals surface area contributed by atoms with Crippen molar-refractivity contribution in [1.82, 2.24) is 4.98 Å². The van der Waals surface area contributed by atoms with Crippen LogP contribution in [-0.2, 0) is 14.0 Å². The first-order chi connectivity index (χ1) is 11.1. The number of ether oxygens (including phenoxy) is 1. The van der Waals surface area contributed by atoms with Crippen LogP contribution in [0.15, 0.2) is 30.3 Å². The van der Waals surface area contributed by atoms with Gasteiger partial charge >= 0.3 is 7.12 Å². The Hall–Kier alpha value is -1.24. The minimum absolute atomic E-state index is 0.0973. The van der Waals surface area contributed by atoms with E-state index in [9.17, 15) is 0 Å². The fraction of sp³-hybridized carbons (Fsp3) is 0.611. The fourth-order valence-corrected chi connectivity index (χ4v) is 2.43. The van der Waals surface area contributed by atoms with Crippen molar-refractivity contribution in [2.45, 2.75) is 65.3 Å². The summed E-state index contributed by atoms with van der Waals surface area (Å²) in [4.78, 5) is 4.09. The molecule has 4 nitrogen and oxygen atoms in total. The van der Waals surface area contributed by atoms with Gasteiger partial charge in [0, 0.05) is 12.4 Å². The van der Waals surface area contributed by atoms with E-state index in [1.807, 2.05) is 47.6 Å². The van der Waals surface area contributed by atoms with Gasteiger partial charge in [-0.1, -0.05) is 6.07 Å². The molecule has 0 radical (unpaired) electrons. The Balaban J connectivity index is 2.29. The van der Waals surface area contributed by atoms with Crippen LogP contribution in [0.1, 0.15) is 53.5 Å². The molecule has 0 unspecified atom stereocenters. The molecular weight excluding hydrogens is 308 g/mol. The van der Waals surface area contributed by atoms with Crippen LogP contribution in [0.2, 0.25) is 0 Å². The van der Waals surface area contributed by atoms with Gasteiger partial charge in [-0.2, -0.15) is 0 Å². The third-order valence-corrected chi connectivity index (χ3v) is 4.56. The second-order valence-electron chi connectivity index (χ2n) is 7.33. The number of aromatic nitrogens is 1. The monoisotopic (exact) mass is 335 g/mol. The molecule has 0 N–H and O–H groups in total. The van der Waals surface area contributed by atoms with Crippen LogP contribution < -0.4 is 0 Å². The molecule has 1 aliphatic heterocycles. The van der Waals surface area contributed by atoms with Gasteiger partial charge in [0.1, 0.15) is 5.73 Å². The third kappa shape index (κ3) is 4.24. The molecule has 1 aliphatic rings. The van der Waals surface area contributed by atoms with E-state index in [0.717, 1.165) is 5.56 Å². The van der Waals surface area contributed by atoms with Crippen LogP contribution in [-0.4, -0.2) is 36.0 Å². The Kier molecular flexibility index (Phi) is 5.84. The Morgan fingerprint density at radius 1 is 1.25 bits per heavy atom. The van der Waals surface area contributed by atoms with Gasteiger partial charge < -0.3 is 14.0 Å². The quantitative estimate of drug-likeness (QED) is 0.730. The SMILES string of the molecule is CC(C)OCCC(=C(F)B1OC(C)(C)C(C)(C)O1)c1cccnc1. The normalized spacial score (nSPS) is 20.4. The number of pyridine rings is 1. The van der Waals surface area contributed by atoms with Gasteiger partial charge in [0.05, 0.1) is 23.9 Å². The molecule has 1 saturated heterocycles. The van der Waals surface area contributed by atoms with E-state index in [-0.39, 0.29) is 6.10 Å². The van der Waals surface area contributed by atoms with E-state index >= 15 is 4.39 Å². The zero-order valence-corrected chi connectivity index (χ0v) is 15.4. The number of halogens is 1. The summed E-state index contributed by atoms with van der Waals surface area (Å²) in [5.41, 5.74) is -0.333. The Morgan fingerprint density at radius 3 is 2.38 bits per heavy atom. The molecule has 6 heteroatoms. The highest BCUT2D eigenvalue weighted by atomic mass is 19.1. The Labute approximate surface area is 144 Å². The summed E-state index contributed by atoms with van der Waals surface area (Å²) < 4.78 is 32.5. The molecule has 2 heterocycles. The Bertz CT molecular complexity index is 571. The summed E-state index contributed by atoms with van der Waals surface area (Å²) in [6.45, 7) is 12.0. The maximum atomic E-state index is 15.2. The molecule has 0 bridgehead atoms. The molecule has 0 spiro atoms. The predicted molar refractivity (Wildman–Crippen MR) is 94.1 cm³/mol. The van der Waals surface area contributed by atoms with E-state index in [2.05, 4.69) is 4.98 Å². The highest BCUT2D eigenvalue weighted by Crippen LogP contribution is 2.40. The molecule has 24 heavy (non-hydrogen) atoms. The molecule has 0 saturated carbocycles. The van der Waals surface area contributed by atoms with Crippen LogP contribution in [0.4, 0.5) is 4.39 Å². The minimum Gasteiger partial charge on any atom is -0.398 e. The minimum atomic E-state index is -1.01. The molecule has 1 fully saturated rings. The van der Waals surface area contributed by atoms with Crippen molar-refractivity contribution in [3.05, 3.63) is 35.8 Å². The maximum Gasteiger partial charge on any atom is 0.525 e. The summed E-state index contributed by atoms with van der Waals surface area (Å²) in [5, 5.41) is 0. The lowest BCUT2D eigenvalue weighted by atomic mass is 9.82. The first kappa shape index (κ1) is 19.1. The average molecular weight is 335 g/mol. The van der Waals surface area contributed by atoms with Crippen LogP contribution >= 0.6 is 0 Å². The van der Waals surface area contributed by atoms with Gasteiger partial charge in [0.15, 0.2) is 0 Å². The summed E-state index contributed by atoms with van der Waals surface area (Å²) in [6.07, 6.45) is 3.84. The number of hydrogen-bond acceptors (Lipinski definition) is 4. The van der Waals surface area contributed by atoms with Crippen molar-refractivity contribution < 1.29 is 18.4 Å². The van der Waals surface area contributed by atoms with Crippen LogP contribution in [0, 0.1) is 0 Å². The zero-order valence-electron chi connectivity index (χ0n) is 15.4. The van der Waals surface area contributed by atoms with E-state index < -0.39 is 24.0 Å². The van der Waals surface area contributed by atoms with Crippen LogP contribution in [0.25, 0.3) is 5.57 Å². The third-order valence-electron chi connectivity index (χ3n) is 4.56. The molecule has 2 rings (SSSR count). The molecular formula is C18H27BFNO3. The van der Waals surface area contributed by atoms with E-state index in [1.165, 1.54) is 0 Å². The van der Waals surface area contributed by atoms with Gasteiger partial charge in [-0.15, -0.1) is 0 Å². The largest absolute Gasteiger partial charge is 0.525 e. The molecule has 1 aromatic rings. The van der Waals surface area contributed by atoms with Gasteiger partial charge in [-0.3, -0.25) is 4.98 Å². The molecule has 132 valence electrons. The molecule has 0 atom stereocenters. The molecule has 1 aromatic heterocycles. The van der Waals surface area contributed by atoms with E-state index in [1.54, 1.807) is 18.5 Å². The van der Waals surface area contributed by atoms with Gasteiger partial charge in [-0.25, -0.2) is 4.39 Å². The summed E-state index contributed by atoms with van der Waals surface area (Å²) in [5.74, 6) is 0. The maximum absolute atomic E-state index is 15.2. The molecule has 0 aromatic carbocycles. The number of rotatable bonds is 6. The summed E-state index contributed by atoms with van der Waals surface area (Å²) in [6, 6.07) is 3.62. The summed E-state index contributed by atoms with van der Waals surface area (Å²) >= 11 is 0. The van der Waals surface area contributed by atoms with E-state index in [0.29, 0.717) is 18.6 Å². The standard InChI is InChI=1S/C18H27BFNO3/c1-13(2)22-11-9-15(14-8-7-10-21-12-14)16(20)19-23-17(3,4)18(5,6)24-19/h7-8,10,12-13H,9,11H2,1-6H3. The predicted octanol–water partition coefficient (Wildman–Crippen LogP) is 4.21. The Morgan fingerprint density at radius 2 is 1.88 bits per heavy atom. The fourth-order valence-electron chi connectivity index (χ4n) is 2.43. The second-order valence-corrected chi connectivity index (χ2v) is 7.33. The van der Waals surface area contributed by atoms with Crippen molar-refractivity contribution in [2.24, 2.45) is 0 Å². The topological polar surface area (TPSA) is 40.6 Å². The average Bonchev–Trinajstić information content (AvgIpc) is 2.72. The smallest absolute Gasteiger partial charge is 0.398 e. The molecule has 0 amide bonds.